The summed E-state index contributed by atoms with van der Waals surface area (Å²) in [6.07, 6.45) is 5.91. The van der Waals surface area contributed by atoms with Gasteiger partial charge in [-0.05, 0) is 24.3 Å². The summed E-state index contributed by atoms with van der Waals surface area (Å²) < 4.78 is 38.1. The zero-order valence-electron chi connectivity index (χ0n) is 18.3. The number of nitrogens with zero attached hydrogens (tertiary/aromatic N) is 5. The Hall–Kier alpha value is -3.59. The smallest absolute Gasteiger partial charge is 0.236 e. The molecule has 0 atom stereocenters. The van der Waals surface area contributed by atoms with Gasteiger partial charge in [0.05, 0.1) is 40.1 Å². The number of anilines is 1. The summed E-state index contributed by atoms with van der Waals surface area (Å²) in [4.78, 5) is 12.5. The van der Waals surface area contributed by atoms with Crippen LogP contribution >= 0.6 is 23.2 Å². The molecule has 4 aromatic rings. The highest BCUT2D eigenvalue weighted by molar-refractivity contribution is 7.91. The molecule has 0 amide bonds. The van der Waals surface area contributed by atoms with E-state index in [2.05, 4.69) is 25.7 Å². The molecule has 0 aliphatic heterocycles. The first kappa shape index (κ1) is 24.5. The van der Waals surface area contributed by atoms with Crippen LogP contribution in [-0.2, 0) is 16.6 Å². The van der Waals surface area contributed by atoms with Crippen molar-refractivity contribution in [1.29, 1.82) is 5.26 Å². The average molecular weight is 533 g/mol. The molecular weight excluding hydrogens is 515 g/mol. The maximum Gasteiger partial charge on any atom is 0.236 e. The fraction of sp³-hybridized carbons (Fsp3) is 0.182. The first-order valence-corrected chi connectivity index (χ1v) is 12.9. The lowest BCUT2D eigenvalue weighted by Gasteiger charge is -2.11. The first-order valence-electron chi connectivity index (χ1n) is 10.1. The lowest BCUT2D eigenvalue weighted by atomic mass is 10.1. The van der Waals surface area contributed by atoms with Crippen molar-refractivity contribution in [3.8, 4) is 29.0 Å². The summed E-state index contributed by atoms with van der Waals surface area (Å²) in [6, 6.07) is 10.6. The van der Waals surface area contributed by atoms with Crippen LogP contribution in [0.25, 0.3) is 16.9 Å². The van der Waals surface area contributed by atoms with E-state index in [1.807, 2.05) is 4.40 Å². The third-order valence-electron chi connectivity index (χ3n) is 4.63. The largest absolute Gasteiger partial charge is 0.489 e. The van der Waals surface area contributed by atoms with Crippen molar-refractivity contribution in [1.82, 2.24) is 19.4 Å². The lowest BCUT2D eigenvalue weighted by molar-refractivity contribution is 0.301. The van der Waals surface area contributed by atoms with Gasteiger partial charge >= 0.3 is 0 Å². The minimum absolute atomic E-state index is 0.0287. The number of nitrogens with one attached hydrogen (secondary N) is 1. The molecule has 3 heterocycles. The fourth-order valence-corrected chi connectivity index (χ4v) is 4.01. The van der Waals surface area contributed by atoms with E-state index in [1.54, 1.807) is 42.7 Å². The molecule has 0 bridgehead atoms. The van der Waals surface area contributed by atoms with Crippen LogP contribution in [0.5, 0.6) is 11.5 Å². The first-order chi connectivity index (χ1) is 16.8. The summed E-state index contributed by atoms with van der Waals surface area (Å²) in [6.45, 7) is 0.331. The van der Waals surface area contributed by atoms with Gasteiger partial charge in [-0.3, -0.25) is 9.12 Å². The SMILES string of the molecule is CS(=O)(=O)Nc1nccc(COc2ccn3c(-c4cc(Cl)c(OCCCl)c(C#N)c4)ncc3c2)n1. The van der Waals surface area contributed by atoms with Crippen LogP contribution in [0.2, 0.25) is 5.02 Å². The van der Waals surface area contributed by atoms with Crippen molar-refractivity contribution in [2.75, 3.05) is 23.5 Å². The van der Waals surface area contributed by atoms with Crippen molar-refractivity contribution >= 4 is 44.7 Å². The maximum atomic E-state index is 11.4. The molecule has 0 saturated carbocycles. The fourth-order valence-electron chi connectivity index (χ4n) is 3.22. The van der Waals surface area contributed by atoms with E-state index >= 15 is 0 Å². The van der Waals surface area contributed by atoms with Gasteiger partial charge in [-0.25, -0.2) is 23.4 Å². The predicted molar refractivity (Wildman–Crippen MR) is 131 cm³/mol. The highest BCUT2D eigenvalue weighted by Crippen LogP contribution is 2.34. The minimum Gasteiger partial charge on any atom is -0.489 e. The molecule has 0 aliphatic rings. The number of ether oxygens (including phenoxy) is 2. The third kappa shape index (κ3) is 5.92. The Bertz CT molecular complexity index is 1530. The zero-order valence-corrected chi connectivity index (χ0v) is 20.6. The number of aromatic nitrogens is 4. The quantitative estimate of drug-likeness (QED) is 0.321. The van der Waals surface area contributed by atoms with Gasteiger partial charge in [0.2, 0.25) is 16.0 Å². The third-order valence-corrected chi connectivity index (χ3v) is 5.61. The molecular formula is C22H18Cl2N6O4S. The van der Waals surface area contributed by atoms with E-state index in [-0.39, 0.29) is 41.4 Å². The Kier molecular flexibility index (Phi) is 7.25. The van der Waals surface area contributed by atoms with Crippen molar-refractivity contribution < 1.29 is 17.9 Å². The number of halogens is 2. The van der Waals surface area contributed by atoms with E-state index in [4.69, 9.17) is 32.7 Å². The second-order valence-corrected chi connectivity index (χ2v) is 9.79. The molecule has 10 nitrogen and oxygen atoms in total. The van der Waals surface area contributed by atoms with Crippen molar-refractivity contribution in [3.63, 3.8) is 0 Å². The van der Waals surface area contributed by atoms with Gasteiger partial charge in [0.25, 0.3) is 0 Å². The number of fused-ring (bicyclic) bond motifs is 1. The highest BCUT2D eigenvalue weighted by Gasteiger charge is 2.15. The van der Waals surface area contributed by atoms with Crippen LogP contribution in [0, 0.1) is 11.3 Å². The second-order valence-electron chi connectivity index (χ2n) is 7.26. The van der Waals surface area contributed by atoms with E-state index < -0.39 is 10.0 Å². The van der Waals surface area contributed by atoms with Crippen molar-refractivity contribution in [2.24, 2.45) is 0 Å². The second kappa shape index (κ2) is 10.4. The molecule has 1 N–H and O–H groups in total. The summed E-state index contributed by atoms with van der Waals surface area (Å²) in [5.41, 5.74) is 2.17. The molecule has 0 aliphatic carbocycles. The van der Waals surface area contributed by atoms with Crippen molar-refractivity contribution in [2.45, 2.75) is 6.61 Å². The van der Waals surface area contributed by atoms with Gasteiger partial charge in [-0.2, -0.15) is 5.26 Å². The number of hydrogen-bond acceptors (Lipinski definition) is 8. The van der Waals surface area contributed by atoms with E-state index in [0.717, 1.165) is 11.8 Å². The number of alkyl halides is 1. The van der Waals surface area contributed by atoms with E-state index in [1.165, 1.54) is 6.20 Å². The Balaban J connectivity index is 1.55. The van der Waals surface area contributed by atoms with E-state index in [0.29, 0.717) is 22.8 Å². The summed E-state index contributed by atoms with van der Waals surface area (Å²) in [5.74, 6) is 1.67. The summed E-state index contributed by atoms with van der Waals surface area (Å²) in [7, 11) is -3.48. The van der Waals surface area contributed by atoms with Gasteiger partial charge in [0, 0.05) is 24.0 Å². The number of pyridine rings is 1. The molecule has 3 aromatic heterocycles. The molecule has 35 heavy (non-hydrogen) atoms. The van der Waals surface area contributed by atoms with Gasteiger partial charge in [-0.1, -0.05) is 11.6 Å². The lowest BCUT2D eigenvalue weighted by Crippen LogP contribution is -2.13. The van der Waals surface area contributed by atoms with Crippen LogP contribution in [0.4, 0.5) is 5.95 Å². The number of imidazole rings is 1. The van der Waals surface area contributed by atoms with E-state index in [9.17, 15) is 13.7 Å². The highest BCUT2D eigenvalue weighted by atomic mass is 35.5. The van der Waals surface area contributed by atoms with Crippen LogP contribution < -0.4 is 14.2 Å². The van der Waals surface area contributed by atoms with Crippen LogP contribution in [0.3, 0.4) is 0 Å². The monoisotopic (exact) mass is 532 g/mol. The number of hydrogen-bond donors (Lipinski definition) is 1. The van der Waals surface area contributed by atoms with Gasteiger partial charge in [-0.15, -0.1) is 11.6 Å². The minimum atomic E-state index is -3.48. The van der Waals surface area contributed by atoms with Crippen LogP contribution in [0.1, 0.15) is 11.3 Å². The maximum absolute atomic E-state index is 11.4. The average Bonchev–Trinajstić information content (AvgIpc) is 3.24. The number of benzene rings is 1. The molecule has 0 saturated heterocycles. The number of rotatable bonds is 9. The van der Waals surface area contributed by atoms with Gasteiger partial charge < -0.3 is 9.47 Å². The molecule has 0 spiro atoms. The topological polar surface area (TPSA) is 132 Å². The van der Waals surface area contributed by atoms with Gasteiger partial charge in [0.1, 0.15) is 30.9 Å². The van der Waals surface area contributed by atoms with Gasteiger partial charge in [0.15, 0.2) is 5.75 Å². The Morgan fingerprint density at radius 1 is 1.20 bits per heavy atom. The van der Waals surface area contributed by atoms with Crippen molar-refractivity contribution in [3.05, 3.63) is 65.2 Å². The zero-order chi connectivity index (χ0) is 25.0. The summed E-state index contributed by atoms with van der Waals surface area (Å²) in [5, 5.41) is 9.82. The summed E-state index contributed by atoms with van der Waals surface area (Å²) >= 11 is 12.0. The Labute approximate surface area is 211 Å². The molecule has 180 valence electrons. The normalized spacial score (nSPS) is 11.3. The number of nitriles is 1. The molecule has 0 fully saturated rings. The standard InChI is InChI=1S/C22H18Cl2N6O4S/c1-35(31,32)29-22-26-5-2-16(28-22)13-34-18-3-6-30-17(10-18)12-27-21(30)14-8-15(11-25)20(19(24)9-14)33-7-4-23/h2-3,5-6,8-10,12H,4,7,13H2,1H3,(H,26,28,29). The molecule has 4 rings (SSSR count). The molecule has 1 aromatic carbocycles. The van der Waals surface area contributed by atoms with Crippen LogP contribution in [-0.4, -0.2) is 46.5 Å². The van der Waals surface area contributed by atoms with Crippen LogP contribution in [0.15, 0.2) is 48.9 Å². The molecule has 0 radical (unpaired) electrons. The number of sulfonamides is 1. The molecule has 0 unspecified atom stereocenters. The Morgan fingerprint density at radius 2 is 2.03 bits per heavy atom. The predicted octanol–water partition coefficient (Wildman–Crippen LogP) is 3.88. The molecule has 13 heteroatoms. The Morgan fingerprint density at radius 3 is 2.77 bits per heavy atom.